The lowest BCUT2D eigenvalue weighted by molar-refractivity contribution is -0.0424. The number of hydrogen-bond acceptors (Lipinski definition) is 1. The van der Waals surface area contributed by atoms with Crippen LogP contribution >= 0.6 is 0 Å². The van der Waals surface area contributed by atoms with Gasteiger partial charge in [0.15, 0.2) is 0 Å². The molecule has 54 heavy (non-hydrogen) atoms. The third kappa shape index (κ3) is 4.05. The maximum Gasteiger partial charge on any atom is 0.136 e. The fraction of sp³-hybridized carbons (Fsp3) is 0.208. The van der Waals surface area contributed by atoms with Gasteiger partial charge in [-0.05, 0) is 163 Å². The van der Waals surface area contributed by atoms with Crippen molar-refractivity contribution in [1.82, 2.24) is 0 Å². The van der Waals surface area contributed by atoms with Crippen LogP contribution in [0.2, 0.25) is 0 Å². The first-order chi connectivity index (χ1) is 26.7. The monoisotopic (exact) mass is 692 g/mol. The summed E-state index contributed by atoms with van der Waals surface area (Å²) in [5.74, 6) is 4.95. The molecule has 0 saturated heterocycles. The van der Waals surface area contributed by atoms with E-state index in [1.165, 1.54) is 103 Å². The van der Waals surface area contributed by atoms with E-state index in [0.29, 0.717) is 5.92 Å². The third-order valence-electron chi connectivity index (χ3n) is 14.5. The minimum atomic E-state index is 0.493. The highest BCUT2D eigenvalue weighted by Crippen LogP contribution is 2.64. The standard InChI is InChI=1S/C53H40O/c1-2-10-37-32(9-1)17-22-45-52(37)46-28-33(19-21-44(46)53(45)49-35-24-30-23-31(26-35)27-36(49)25-30)50-40-12-3-5-14-42(40)51(43-15-6-4-13-41(43)50)34-18-20-39-38-11-7-8-16-47(38)54-48(39)29-34/h1-22,28-31,35-36,49,53H,23-27H2. The Morgan fingerprint density at radius 2 is 0.926 bits per heavy atom. The maximum absolute atomic E-state index is 6.42. The molecule has 5 aliphatic rings. The van der Waals surface area contributed by atoms with Crippen molar-refractivity contribution < 1.29 is 4.42 Å². The molecular weight excluding hydrogens is 653 g/mol. The largest absolute Gasteiger partial charge is 0.456 e. The highest BCUT2D eigenvalue weighted by Gasteiger charge is 2.52. The molecular formula is C53H40O. The van der Waals surface area contributed by atoms with E-state index in [1.54, 1.807) is 11.1 Å². The quantitative estimate of drug-likeness (QED) is 0.168. The summed E-state index contributed by atoms with van der Waals surface area (Å²) in [7, 11) is 0. The van der Waals surface area contributed by atoms with Crippen LogP contribution in [0.5, 0.6) is 0 Å². The second-order valence-corrected chi connectivity index (χ2v) is 17.2. The molecule has 1 heteroatoms. The predicted molar refractivity (Wildman–Crippen MR) is 225 cm³/mol. The highest BCUT2D eigenvalue weighted by atomic mass is 16.3. The number of para-hydroxylation sites is 1. The third-order valence-corrected chi connectivity index (χ3v) is 14.5. The molecule has 14 rings (SSSR count). The number of furan rings is 1. The summed E-state index contributed by atoms with van der Waals surface area (Å²) in [6.45, 7) is 0. The Labute approximate surface area is 315 Å². The Kier molecular flexibility index (Phi) is 6.04. The first-order valence-corrected chi connectivity index (χ1v) is 20.3. The van der Waals surface area contributed by atoms with E-state index in [2.05, 4.69) is 146 Å². The fourth-order valence-corrected chi connectivity index (χ4v) is 12.8. The van der Waals surface area contributed by atoms with Crippen molar-refractivity contribution in [1.29, 1.82) is 0 Å². The molecule has 4 bridgehead atoms. The number of benzene rings is 8. The van der Waals surface area contributed by atoms with Crippen molar-refractivity contribution >= 4 is 54.3 Å². The van der Waals surface area contributed by atoms with E-state index in [-0.39, 0.29) is 0 Å². The Balaban J connectivity index is 1.04. The highest BCUT2D eigenvalue weighted by molar-refractivity contribution is 6.22. The molecule has 1 heterocycles. The van der Waals surface area contributed by atoms with Gasteiger partial charge in [-0.15, -0.1) is 0 Å². The van der Waals surface area contributed by atoms with Gasteiger partial charge in [-0.25, -0.2) is 0 Å². The van der Waals surface area contributed by atoms with E-state index >= 15 is 0 Å². The van der Waals surface area contributed by atoms with Gasteiger partial charge in [-0.1, -0.05) is 121 Å². The lowest BCUT2D eigenvalue weighted by Crippen LogP contribution is -2.47. The van der Waals surface area contributed by atoms with Gasteiger partial charge in [-0.2, -0.15) is 0 Å². The molecule has 0 amide bonds. The summed E-state index contributed by atoms with van der Waals surface area (Å²) < 4.78 is 6.42. The zero-order chi connectivity index (χ0) is 35.1. The van der Waals surface area contributed by atoms with Crippen molar-refractivity contribution in [2.75, 3.05) is 0 Å². The van der Waals surface area contributed by atoms with Gasteiger partial charge in [0.2, 0.25) is 0 Å². The van der Waals surface area contributed by atoms with E-state index in [9.17, 15) is 0 Å². The minimum Gasteiger partial charge on any atom is -0.456 e. The predicted octanol–water partition coefficient (Wildman–Crippen LogP) is 14.6. The number of hydrogen-bond donors (Lipinski definition) is 0. The molecule has 0 N–H and O–H groups in total. The smallest absolute Gasteiger partial charge is 0.136 e. The van der Waals surface area contributed by atoms with E-state index in [0.717, 1.165) is 46.1 Å². The molecule has 4 saturated carbocycles. The van der Waals surface area contributed by atoms with E-state index in [4.69, 9.17) is 4.42 Å². The molecule has 4 fully saturated rings. The Morgan fingerprint density at radius 3 is 1.61 bits per heavy atom. The van der Waals surface area contributed by atoms with Crippen molar-refractivity contribution in [2.45, 2.75) is 38.0 Å². The molecule has 1 nitrogen and oxygen atoms in total. The first kappa shape index (κ1) is 29.8. The zero-order valence-electron chi connectivity index (χ0n) is 30.3. The van der Waals surface area contributed by atoms with Crippen LogP contribution in [0, 0.1) is 29.6 Å². The summed E-state index contributed by atoms with van der Waals surface area (Å²) in [5, 5.41) is 10.2. The van der Waals surface area contributed by atoms with Crippen LogP contribution in [0.1, 0.15) is 49.1 Å². The van der Waals surface area contributed by atoms with E-state index in [1.807, 2.05) is 0 Å². The molecule has 1 atom stereocenters. The molecule has 1 aromatic heterocycles. The van der Waals surface area contributed by atoms with Crippen LogP contribution in [0.25, 0.3) is 87.6 Å². The lowest BCUT2D eigenvalue weighted by Gasteiger charge is -2.56. The molecule has 0 radical (unpaired) electrons. The minimum absolute atomic E-state index is 0.493. The maximum atomic E-state index is 6.42. The SMILES string of the molecule is c1ccc2c3c(ccc2c1)C(C1C2CC4CC(C2)CC1C4)c1ccc(-c2c4ccccc4c(-c4ccc5c(c4)oc4ccccc45)c4ccccc24)cc1-3. The van der Waals surface area contributed by atoms with Crippen LogP contribution < -0.4 is 0 Å². The van der Waals surface area contributed by atoms with Gasteiger partial charge in [0.25, 0.3) is 0 Å². The fourth-order valence-electron chi connectivity index (χ4n) is 12.8. The number of fused-ring (bicyclic) bond motifs is 10. The van der Waals surface area contributed by atoms with Crippen LogP contribution in [0.3, 0.4) is 0 Å². The Hall–Kier alpha value is -5.66. The molecule has 9 aromatic rings. The van der Waals surface area contributed by atoms with Gasteiger partial charge in [-0.3, -0.25) is 0 Å². The topological polar surface area (TPSA) is 13.1 Å². The van der Waals surface area contributed by atoms with Gasteiger partial charge >= 0.3 is 0 Å². The van der Waals surface area contributed by atoms with Crippen LogP contribution in [0.4, 0.5) is 0 Å². The molecule has 0 aliphatic heterocycles. The average molecular weight is 693 g/mol. The zero-order valence-corrected chi connectivity index (χ0v) is 30.3. The van der Waals surface area contributed by atoms with Gasteiger partial charge in [0, 0.05) is 16.7 Å². The Morgan fingerprint density at radius 1 is 0.389 bits per heavy atom. The van der Waals surface area contributed by atoms with Crippen molar-refractivity contribution in [3.8, 4) is 33.4 Å². The van der Waals surface area contributed by atoms with E-state index < -0.39 is 0 Å². The van der Waals surface area contributed by atoms with Crippen LogP contribution in [-0.2, 0) is 0 Å². The van der Waals surface area contributed by atoms with Crippen LogP contribution in [0.15, 0.2) is 150 Å². The van der Waals surface area contributed by atoms with Gasteiger partial charge in [0.1, 0.15) is 11.2 Å². The van der Waals surface area contributed by atoms with Crippen LogP contribution in [-0.4, -0.2) is 0 Å². The molecule has 5 aliphatic carbocycles. The van der Waals surface area contributed by atoms with Gasteiger partial charge < -0.3 is 4.42 Å². The normalized spacial score (nSPS) is 23.9. The second kappa shape index (κ2) is 11.0. The molecule has 0 spiro atoms. The summed E-state index contributed by atoms with van der Waals surface area (Å²) in [4.78, 5) is 0. The summed E-state index contributed by atoms with van der Waals surface area (Å²) in [6, 6.07) is 55.0. The second-order valence-electron chi connectivity index (χ2n) is 17.2. The molecule has 8 aromatic carbocycles. The summed E-state index contributed by atoms with van der Waals surface area (Å²) >= 11 is 0. The lowest BCUT2D eigenvalue weighted by atomic mass is 9.49. The van der Waals surface area contributed by atoms with Crippen molar-refractivity contribution in [3.05, 3.63) is 157 Å². The van der Waals surface area contributed by atoms with Crippen molar-refractivity contribution in [3.63, 3.8) is 0 Å². The summed E-state index contributed by atoms with van der Waals surface area (Å²) in [6.07, 6.45) is 7.33. The molecule has 258 valence electrons. The van der Waals surface area contributed by atoms with Gasteiger partial charge in [0.05, 0.1) is 0 Å². The number of rotatable bonds is 3. The van der Waals surface area contributed by atoms with Crippen molar-refractivity contribution in [2.24, 2.45) is 29.6 Å². The first-order valence-electron chi connectivity index (χ1n) is 20.3. The Bertz CT molecular complexity index is 2950. The molecule has 1 unspecified atom stereocenters. The summed E-state index contributed by atoms with van der Waals surface area (Å²) in [5.41, 5.74) is 13.1. The average Bonchev–Trinajstić information content (AvgIpc) is 3.74.